The molecule has 1 heterocycles. The molecule has 3 rings (SSSR count). The molecule has 26 heavy (non-hydrogen) atoms. The molecule has 0 aliphatic heterocycles. The molecule has 2 aromatic carbocycles. The van der Waals surface area contributed by atoms with E-state index in [2.05, 4.69) is 15.5 Å². The van der Waals surface area contributed by atoms with Gasteiger partial charge >= 0.3 is 0 Å². The third kappa shape index (κ3) is 3.68. The lowest BCUT2D eigenvalue weighted by Crippen LogP contribution is -2.14. The van der Waals surface area contributed by atoms with Crippen molar-refractivity contribution in [2.75, 3.05) is 5.32 Å². The molecule has 0 radical (unpaired) electrons. The number of hydrogen-bond donors (Lipinski definition) is 2. The largest absolute Gasteiger partial charge is 0.319 e. The van der Waals surface area contributed by atoms with E-state index < -0.39 is 11.7 Å². The number of H-pyrrole nitrogens is 1. The zero-order valence-electron chi connectivity index (χ0n) is 14.0. The van der Waals surface area contributed by atoms with Crippen molar-refractivity contribution in [3.05, 3.63) is 77.2 Å². The monoisotopic (exact) mass is 346 g/mol. The predicted molar refractivity (Wildman–Crippen MR) is 97.4 cm³/mol. The molecule has 128 valence electrons. The highest BCUT2D eigenvalue weighted by atomic mass is 19.1. The number of benzene rings is 2. The molecule has 0 unspecified atom stereocenters. The normalized spacial score (nSPS) is 11.0. The summed E-state index contributed by atoms with van der Waals surface area (Å²) in [4.78, 5) is 12.3. The summed E-state index contributed by atoms with van der Waals surface area (Å²) in [5.74, 6) is -1.25. The van der Waals surface area contributed by atoms with Crippen LogP contribution in [0.2, 0.25) is 0 Å². The molecule has 1 aromatic heterocycles. The quantitative estimate of drug-likeness (QED) is 0.552. The van der Waals surface area contributed by atoms with Gasteiger partial charge in [-0.15, -0.1) is 0 Å². The van der Waals surface area contributed by atoms with E-state index in [0.29, 0.717) is 11.3 Å². The van der Waals surface area contributed by atoms with Gasteiger partial charge in [0.05, 0.1) is 17.6 Å². The zero-order chi connectivity index (χ0) is 18.5. The van der Waals surface area contributed by atoms with Crippen molar-refractivity contribution in [2.24, 2.45) is 0 Å². The number of aryl methyl sites for hydroxylation is 1. The molecule has 0 saturated carbocycles. The third-order valence-electron chi connectivity index (χ3n) is 3.80. The van der Waals surface area contributed by atoms with Gasteiger partial charge < -0.3 is 5.32 Å². The van der Waals surface area contributed by atoms with Gasteiger partial charge in [-0.05, 0) is 25.1 Å². The fourth-order valence-electron chi connectivity index (χ4n) is 2.41. The minimum absolute atomic E-state index is 0.0181. The van der Waals surface area contributed by atoms with Gasteiger partial charge in [-0.25, -0.2) is 4.39 Å². The standard InChI is InChI=1S/C20H15FN4O/c1-13-6-8-14(9-7-13)19-16(12-23-25-19)10-15(11-22)20(26)24-18-5-3-2-4-17(18)21/h2-10,12H,1H3,(H,23,25)(H,24,26)/b15-10-. The highest BCUT2D eigenvalue weighted by Gasteiger charge is 2.14. The molecule has 1 amide bonds. The van der Waals surface area contributed by atoms with E-state index in [4.69, 9.17) is 0 Å². The topological polar surface area (TPSA) is 81.6 Å². The Kier molecular flexibility index (Phi) is 4.90. The molecular weight excluding hydrogens is 331 g/mol. The Morgan fingerprint density at radius 1 is 1.23 bits per heavy atom. The van der Waals surface area contributed by atoms with Gasteiger partial charge in [0.1, 0.15) is 17.5 Å². The lowest BCUT2D eigenvalue weighted by atomic mass is 10.0. The number of anilines is 1. The fraction of sp³-hybridized carbons (Fsp3) is 0.0500. The molecule has 0 fully saturated rings. The predicted octanol–water partition coefficient (Wildman–Crippen LogP) is 4.07. The van der Waals surface area contributed by atoms with Crippen LogP contribution in [-0.2, 0) is 4.79 Å². The summed E-state index contributed by atoms with van der Waals surface area (Å²) in [6.45, 7) is 1.98. The molecule has 2 N–H and O–H groups in total. The Bertz CT molecular complexity index is 1010. The molecular formula is C20H15FN4O. The Morgan fingerprint density at radius 3 is 2.65 bits per heavy atom. The number of carbonyl (C=O) groups is 1. The number of nitrogens with zero attached hydrogens (tertiary/aromatic N) is 2. The first-order valence-corrected chi connectivity index (χ1v) is 7.86. The van der Waals surface area contributed by atoms with E-state index in [0.717, 1.165) is 11.1 Å². The second kappa shape index (κ2) is 7.45. The van der Waals surface area contributed by atoms with Crippen molar-refractivity contribution < 1.29 is 9.18 Å². The van der Waals surface area contributed by atoms with Gasteiger partial charge in [0, 0.05) is 11.1 Å². The van der Waals surface area contributed by atoms with E-state index in [1.54, 1.807) is 6.07 Å². The van der Waals surface area contributed by atoms with Gasteiger partial charge in [0.25, 0.3) is 5.91 Å². The molecule has 0 saturated heterocycles. The van der Waals surface area contributed by atoms with E-state index >= 15 is 0 Å². The molecule has 6 heteroatoms. The summed E-state index contributed by atoms with van der Waals surface area (Å²) in [7, 11) is 0. The number of nitriles is 1. The average Bonchev–Trinajstić information content (AvgIpc) is 3.10. The van der Waals surface area contributed by atoms with Gasteiger partial charge in [-0.3, -0.25) is 9.89 Å². The first-order chi connectivity index (χ1) is 12.6. The Hall–Kier alpha value is -3.72. The summed E-state index contributed by atoms with van der Waals surface area (Å²) >= 11 is 0. The van der Waals surface area contributed by atoms with Crippen molar-refractivity contribution in [1.82, 2.24) is 10.2 Å². The maximum Gasteiger partial charge on any atom is 0.266 e. The number of aromatic nitrogens is 2. The SMILES string of the molecule is Cc1ccc(-c2[nH]ncc2/C=C(/C#N)C(=O)Nc2ccccc2F)cc1. The van der Waals surface area contributed by atoms with Crippen LogP contribution in [0.3, 0.4) is 0 Å². The third-order valence-corrected chi connectivity index (χ3v) is 3.80. The van der Waals surface area contributed by atoms with Crippen molar-refractivity contribution >= 4 is 17.7 Å². The Morgan fingerprint density at radius 2 is 1.96 bits per heavy atom. The number of rotatable bonds is 4. The van der Waals surface area contributed by atoms with E-state index in [9.17, 15) is 14.4 Å². The maximum atomic E-state index is 13.7. The lowest BCUT2D eigenvalue weighted by Gasteiger charge is -2.05. The molecule has 0 aliphatic rings. The second-order valence-corrected chi connectivity index (χ2v) is 5.67. The number of nitrogens with one attached hydrogen (secondary N) is 2. The molecule has 3 aromatic rings. The number of hydrogen-bond acceptors (Lipinski definition) is 3. The first kappa shape index (κ1) is 17.1. The Labute approximate surface area is 149 Å². The van der Waals surface area contributed by atoms with Crippen molar-refractivity contribution in [3.8, 4) is 17.3 Å². The maximum absolute atomic E-state index is 13.7. The summed E-state index contributed by atoms with van der Waals surface area (Å²) in [6, 6.07) is 15.4. The van der Waals surface area contributed by atoms with Crippen molar-refractivity contribution in [3.63, 3.8) is 0 Å². The van der Waals surface area contributed by atoms with Gasteiger partial charge in [-0.2, -0.15) is 10.4 Å². The van der Waals surface area contributed by atoms with E-state index in [-0.39, 0.29) is 11.3 Å². The number of halogens is 1. The first-order valence-electron chi connectivity index (χ1n) is 7.86. The van der Waals surface area contributed by atoms with Crippen LogP contribution in [0.4, 0.5) is 10.1 Å². The van der Waals surface area contributed by atoms with Gasteiger partial charge in [-0.1, -0.05) is 42.0 Å². The smallest absolute Gasteiger partial charge is 0.266 e. The summed E-state index contributed by atoms with van der Waals surface area (Å²) < 4.78 is 13.7. The zero-order valence-corrected chi connectivity index (χ0v) is 14.0. The molecule has 0 atom stereocenters. The van der Waals surface area contributed by atoms with Crippen LogP contribution in [0.5, 0.6) is 0 Å². The number of amides is 1. The highest BCUT2D eigenvalue weighted by Crippen LogP contribution is 2.24. The number of aromatic amines is 1. The second-order valence-electron chi connectivity index (χ2n) is 5.67. The molecule has 0 aliphatic carbocycles. The summed E-state index contributed by atoms with van der Waals surface area (Å²) in [6.07, 6.45) is 2.96. The lowest BCUT2D eigenvalue weighted by molar-refractivity contribution is -0.112. The van der Waals surface area contributed by atoms with Crippen LogP contribution in [0, 0.1) is 24.1 Å². The van der Waals surface area contributed by atoms with Crippen LogP contribution in [-0.4, -0.2) is 16.1 Å². The van der Waals surface area contributed by atoms with Gasteiger partial charge in [0.15, 0.2) is 0 Å². The van der Waals surface area contributed by atoms with Crippen molar-refractivity contribution in [2.45, 2.75) is 6.92 Å². The molecule has 5 nitrogen and oxygen atoms in total. The minimum atomic E-state index is -0.686. The molecule has 0 spiro atoms. The molecule has 0 bridgehead atoms. The van der Waals surface area contributed by atoms with E-state index in [1.165, 1.54) is 30.5 Å². The van der Waals surface area contributed by atoms with E-state index in [1.807, 2.05) is 37.3 Å². The summed E-state index contributed by atoms with van der Waals surface area (Å²) in [5.41, 5.74) is 3.15. The van der Waals surface area contributed by atoms with Crippen LogP contribution >= 0.6 is 0 Å². The number of carbonyl (C=O) groups excluding carboxylic acids is 1. The van der Waals surface area contributed by atoms with Crippen molar-refractivity contribution in [1.29, 1.82) is 5.26 Å². The highest BCUT2D eigenvalue weighted by molar-refractivity contribution is 6.10. The fourth-order valence-corrected chi connectivity index (χ4v) is 2.41. The summed E-state index contributed by atoms with van der Waals surface area (Å²) in [5, 5.41) is 18.6. The number of para-hydroxylation sites is 1. The average molecular weight is 346 g/mol. The Balaban J connectivity index is 1.90. The van der Waals surface area contributed by atoms with Crippen LogP contribution in [0.1, 0.15) is 11.1 Å². The van der Waals surface area contributed by atoms with Crippen LogP contribution < -0.4 is 5.32 Å². The minimum Gasteiger partial charge on any atom is -0.319 e. The van der Waals surface area contributed by atoms with Gasteiger partial charge in [0.2, 0.25) is 0 Å². The van der Waals surface area contributed by atoms with Crippen LogP contribution in [0.15, 0.2) is 60.3 Å². The van der Waals surface area contributed by atoms with Crippen LogP contribution in [0.25, 0.3) is 17.3 Å².